The molecule has 1 aliphatic rings. The van der Waals surface area contributed by atoms with Crippen molar-refractivity contribution in [2.75, 3.05) is 39.4 Å². The molecule has 1 aromatic rings. The summed E-state index contributed by atoms with van der Waals surface area (Å²) in [5.74, 6) is 0.313. The van der Waals surface area contributed by atoms with E-state index in [2.05, 4.69) is 28.8 Å². The maximum absolute atomic E-state index is 13.0. The van der Waals surface area contributed by atoms with Crippen molar-refractivity contribution in [1.82, 2.24) is 19.8 Å². The molecule has 10 heteroatoms. The molecule has 0 bridgehead atoms. The van der Waals surface area contributed by atoms with Crippen LogP contribution in [-0.4, -0.2) is 73.0 Å². The Kier molecular flexibility index (Phi) is 11.3. The summed E-state index contributed by atoms with van der Waals surface area (Å²) in [6.07, 6.45) is 2.60. The first kappa shape index (κ1) is 26.4. The lowest BCUT2D eigenvalue weighted by Gasteiger charge is -2.32. The Morgan fingerprint density at radius 1 is 1.31 bits per heavy atom. The molecular formula is C22H37N6O2PS. The molecule has 1 aliphatic heterocycles. The number of likely N-dealkylation sites (tertiary alicyclic amines) is 1. The van der Waals surface area contributed by atoms with Gasteiger partial charge in [-0.2, -0.15) is 0 Å². The lowest BCUT2D eigenvalue weighted by Crippen LogP contribution is -2.48. The van der Waals surface area contributed by atoms with E-state index in [9.17, 15) is 9.59 Å². The first-order valence-corrected chi connectivity index (χ1v) is 14.4. The van der Waals surface area contributed by atoms with Gasteiger partial charge in [0, 0.05) is 26.2 Å². The highest BCUT2D eigenvalue weighted by atomic mass is 32.7. The second-order valence-electron chi connectivity index (χ2n) is 8.14. The Morgan fingerprint density at radius 3 is 2.56 bits per heavy atom. The number of nitrogens with two attached hydrogens (primary N) is 1. The molecule has 1 aromatic carbocycles. The maximum Gasteiger partial charge on any atom is 0.240 e. The topological polar surface area (TPSA) is 115 Å². The number of hydrogen-bond donors (Lipinski definition) is 4. The molecule has 2 atom stereocenters. The van der Waals surface area contributed by atoms with Crippen molar-refractivity contribution in [3.63, 3.8) is 0 Å². The van der Waals surface area contributed by atoms with Gasteiger partial charge in [0.05, 0.1) is 12.6 Å². The van der Waals surface area contributed by atoms with Gasteiger partial charge in [-0.25, -0.2) is 4.72 Å². The molecule has 1 fully saturated rings. The molecule has 0 saturated carbocycles. The smallest absolute Gasteiger partial charge is 0.240 e. The minimum atomic E-state index is -0.467. The van der Waals surface area contributed by atoms with Gasteiger partial charge in [0.25, 0.3) is 0 Å². The number of carbonyl (C=O) groups excluding carboxylic acids is 2. The summed E-state index contributed by atoms with van der Waals surface area (Å²) >= 11 is 1.59. The minimum Gasteiger partial charge on any atom is -0.370 e. The second-order valence-corrected chi connectivity index (χ2v) is 12.3. The lowest BCUT2D eigenvalue weighted by molar-refractivity contribution is -0.137. The number of benzene rings is 1. The van der Waals surface area contributed by atoms with Crippen molar-refractivity contribution in [3.05, 3.63) is 30.3 Å². The van der Waals surface area contributed by atoms with Crippen LogP contribution in [0.2, 0.25) is 0 Å². The Bertz CT molecular complexity index is 745. The van der Waals surface area contributed by atoms with E-state index < -0.39 is 7.12 Å². The summed E-state index contributed by atoms with van der Waals surface area (Å²) in [5.41, 5.74) is 5.53. The summed E-state index contributed by atoms with van der Waals surface area (Å²) in [6, 6.07) is 9.88. The molecule has 1 saturated heterocycles. The first-order valence-electron chi connectivity index (χ1n) is 11.2. The highest BCUT2D eigenvalue weighted by Gasteiger charge is 2.24. The van der Waals surface area contributed by atoms with Gasteiger partial charge in [-0.1, -0.05) is 37.3 Å². The number of piperidine rings is 1. The fourth-order valence-electron chi connectivity index (χ4n) is 3.58. The molecule has 0 spiro atoms. The van der Waals surface area contributed by atoms with Gasteiger partial charge >= 0.3 is 0 Å². The van der Waals surface area contributed by atoms with Crippen LogP contribution >= 0.6 is 18.7 Å². The van der Waals surface area contributed by atoms with Crippen molar-refractivity contribution in [2.24, 2.45) is 11.7 Å². The van der Waals surface area contributed by atoms with Gasteiger partial charge in [-0.15, -0.1) is 0 Å². The van der Waals surface area contributed by atoms with Gasteiger partial charge in [-0.3, -0.25) is 15.0 Å². The van der Waals surface area contributed by atoms with E-state index in [1.807, 2.05) is 36.9 Å². The summed E-state index contributed by atoms with van der Waals surface area (Å²) in [5, 5.41) is 11.8. The average molecular weight is 481 g/mol. The molecule has 0 aromatic heterocycles. The number of amides is 2. The van der Waals surface area contributed by atoms with Crippen LogP contribution in [0.15, 0.2) is 30.3 Å². The number of nitrogens with zero attached hydrogens (tertiary/aromatic N) is 2. The lowest BCUT2D eigenvalue weighted by atomic mass is 9.97. The number of carbonyl (C=O) groups is 2. The maximum atomic E-state index is 13.0. The van der Waals surface area contributed by atoms with E-state index in [1.54, 1.807) is 16.5 Å². The van der Waals surface area contributed by atoms with Crippen molar-refractivity contribution in [3.8, 4) is 0 Å². The first-order chi connectivity index (χ1) is 15.3. The van der Waals surface area contributed by atoms with Crippen LogP contribution in [-0.2, 0) is 9.59 Å². The Balaban J connectivity index is 1.77. The molecule has 1 heterocycles. The summed E-state index contributed by atoms with van der Waals surface area (Å²) in [7, 11) is -0.467. The van der Waals surface area contributed by atoms with Crippen LogP contribution in [0.25, 0.3) is 0 Å². The van der Waals surface area contributed by atoms with Crippen molar-refractivity contribution >= 4 is 41.8 Å². The predicted octanol–water partition coefficient (Wildman–Crippen LogP) is 1.93. The van der Waals surface area contributed by atoms with Crippen LogP contribution in [0.1, 0.15) is 33.1 Å². The number of rotatable bonds is 11. The quantitative estimate of drug-likeness (QED) is 0.167. The van der Waals surface area contributed by atoms with Gasteiger partial charge in [-0.05, 0) is 62.8 Å². The molecule has 0 aliphatic carbocycles. The minimum absolute atomic E-state index is 0.0549. The highest BCUT2D eigenvalue weighted by Crippen LogP contribution is 2.42. The Labute approximate surface area is 197 Å². The van der Waals surface area contributed by atoms with Crippen LogP contribution in [0.3, 0.4) is 0 Å². The molecule has 2 rings (SSSR count). The van der Waals surface area contributed by atoms with Gasteiger partial charge < -0.3 is 20.9 Å². The SMILES string of the molecule is CCCN(CC(=O)NCC1CCN(C(=N)N)CC1)C(=O)C(C)NSP(C)c1ccccc1. The van der Waals surface area contributed by atoms with E-state index >= 15 is 0 Å². The van der Waals surface area contributed by atoms with Crippen LogP contribution in [0, 0.1) is 11.3 Å². The van der Waals surface area contributed by atoms with E-state index in [-0.39, 0.29) is 30.4 Å². The monoisotopic (exact) mass is 480 g/mol. The van der Waals surface area contributed by atoms with Gasteiger partial charge in [0.1, 0.15) is 0 Å². The molecule has 8 nitrogen and oxygen atoms in total. The summed E-state index contributed by atoms with van der Waals surface area (Å²) in [4.78, 5) is 29.0. The standard InChI is InChI=1S/C22H37N6O2PS/c1-4-12-28(16-20(29)25-15-18-10-13-27(14-11-18)22(23)24)21(30)17(2)26-32-31(3)19-8-6-5-7-9-19/h5-9,17-18,26H,4,10-16H2,1-3H3,(H3,23,24)(H,25,29). The highest BCUT2D eigenvalue weighted by molar-refractivity contribution is 8.56. The Hall–Kier alpha value is -1.83. The van der Waals surface area contributed by atoms with E-state index in [1.165, 1.54) is 5.30 Å². The molecule has 32 heavy (non-hydrogen) atoms. The van der Waals surface area contributed by atoms with Crippen LogP contribution in [0.4, 0.5) is 0 Å². The zero-order chi connectivity index (χ0) is 23.5. The molecule has 5 N–H and O–H groups in total. The molecular weight excluding hydrogens is 443 g/mol. The molecule has 2 amide bonds. The number of guanidine groups is 1. The van der Waals surface area contributed by atoms with Crippen molar-refractivity contribution in [2.45, 2.75) is 39.2 Å². The summed E-state index contributed by atoms with van der Waals surface area (Å²) < 4.78 is 3.28. The van der Waals surface area contributed by atoms with Crippen LogP contribution < -0.4 is 21.1 Å². The van der Waals surface area contributed by atoms with Gasteiger partial charge in [0.15, 0.2) is 5.96 Å². The Morgan fingerprint density at radius 2 is 1.97 bits per heavy atom. The molecule has 0 radical (unpaired) electrons. The number of nitrogens with one attached hydrogen (secondary N) is 3. The van der Waals surface area contributed by atoms with E-state index in [0.29, 0.717) is 19.0 Å². The fraction of sp³-hybridized carbons (Fsp3) is 0.591. The van der Waals surface area contributed by atoms with E-state index in [0.717, 1.165) is 32.4 Å². The van der Waals surface area contributed by atoms with Crippen LogP contribution in [0.5, 0.6) is 0 Å². The zero-order valence-corrected chi connectivity index (χ0v) is 21.1. The van der Waals surface area contributed by atoms with E-state index in [4.69, 9.17) is 11.1 Å². The van der Waals surface area contributed by atoms with Crippen molar-refractivity contribution in [1.29, 1.82) is 5.41 Å². The molecule has 178 valence electrons. The second kappa shape index (κ2) is 13.7. The summed E-state index contributed by atoms with van der Waals surface area (Å²) in [6.45, 7) is 8.76. The fourth-order valence-corrected chi connectivity index (χ4v) is 6.32. The zero-order valence-electron chi connectivity index (χ0n) is 19.3. The normalized spacial score (nSPS) is 16.3. The molecule has 2 unspecified atom stereocenters. The number of hydrogen-bond acceptors (Lipinski definition) is 5. The average Bonchev–Trinajstić information content (AvgIpc) is 2.81. The predicted molar refractivity (Wildman–Crippen MR) is 135 cm³/mol. The largest absolute Gasteiger partial charge is 0.370 e. The third kappa shape index (κ3) is 8.60. The van der Waals surface area contributed by atoms with Crippen molar-refractivity contribution < 1.29 is 9.59 Å². The third-order valence-electron chi connectivity index (χ3n) is 5.54. The van der Waals surface area contributed by atoms with Gasteiger partial charge in [0.2, 0.25) is 11.8 Å². The third-order valence-corrected chi connectivity index (χ3v) is 9.07.